The van der Waals surface area contributed by atoms with E-state index in [1.54, 1.807) is 39.3 Å². The Kier molecular flexibility index (Phi) is 6.49. The first-order valence-corrected chi connectivity index (χ1v) is 8.23. The minimum Gasteiger partial charge on any atom is -0.497 e. The summed E-state index contributed by atoms with van der Waals surface area (Å²) in [5.41, 5.74) is 0.885. The van der Waals surface area contributed by atoms with Crippen molar-refractivity contribution in [2.24, 2.45) is 0 Å². The summed E-state index contributed by atoms with van der Waals surface area (Å²) in [5.74, 6) is 1.80. The van der Waals surface area contributed by atoms with E-state index in [-0.39, 0.29) is 5.91 Å². The Hall–Kier alpha value is -2.21. The average Bonchev–Trinajstić information content (AvgIpc) is 2.61. The molecule has 1 unspecified atom stereocenters. The fraction of sp³-hybridized carbons (Fsp3) is 0.278. The van der Waals surface area contributed by atoms with Crippen molar-refractivity contribution in [3.63, 3.8) is 0 Å². The Morgan fingerprint density at radius 3 is 2.17 bits per heavy atom. The standard InChI is InChI=1S/C18H20BrNO4/c1-12(24-15-6-4-14(19)5-7-15)18(21)20-11-13-8-16(22-2)10-17(9-13)23-3/h4-10,12H,11H2,1-3H3,(H,20,21). The maximum Gasteiger partial charge on any atom is 0.261 e. The smallest absolute Gasteiger partial charge is 0.261 e. The van der Waals surface area contributed by atoms with E-state index in [9.17, 15) is 4.79 Å². The van der Waals surface area contributed by atoms with E-state index in [1.165, 1.54) is 0 Å². The van der Waals surface area contributed by atoms with E-state index >= 15 is 0 Å². The molecule has 6 heteroatoms. The van der Waals surface area contributed by atoms with Gasteiger partial charge in [0.15, 0.2) is 6.10 Å². The second-order valence-corrected chi connectivity index (χ2v) is 6.07. The van der Waals surface area contributed by atoms with E-state index in [1.807, 2.05) is 24.3 Å². The van der Waals surface area contributed by atoms with Crippen molar-refractivity contribution in [1.82, 2.24) is 5.32 Å². The molecule has 128 valence electrons. The van der Waals surface area contributed by atoms with Crippen LogP contribution in [0.4, 0.5) is 0 Å². The molecule has 1 atom stereocenters. The molecule has 0 saturated heterocycles. The van der Waals surface area contributed by atoms with Gasteiger partial charge in [-0.25, -0.2) is 0 Å². The van der Waals surface area contributed by atoms with Crippen LogP contribution in [0, 0.1) is 0 Å². The number of benzene rings is 2. The van der Waals surface area contributed by atoms with Crippen LogP contribution in [0.25, 0.3) is 0 Å². The number of methoxy groups -OCH3 is 2. The number of ether oxygens (including phenoxy) is 3. The molecule has 0 aliphatic rings. The van der Waals surface area contributed by atoms with Crippen molar-refractivity contribution >= 4 is 21.8 Å². The Morgan fingerprint density at radius 1 is 1.04 bits per heavy atom. The van der Waals surface area contributed by atoms with Gasteiger partial charge < -0.3 is 19.5 Å². The molecule has 0 aliphatic heterocycles. The van der Waals surface area contributed by atoms with Crippen LogP contribution in [0.2, 0.25) is 0 Å². The first kappa shape index (κ1) is 18.1. The van der Waals surface area contributed by atoms with Crippen LogP contribution >= 0.6 is 15.9 Å². The summed E-state index contributed by atoms with van der Waals surface area (Å²) in [6.07, 6.45) is -0.598. The highest BCUT2D eigenvalue weighted by atomic mass is 79.9. The minimum atomic E-state index is -0.598. The summed E-state index contributed by atoms with van der Waals surface area (Å²) in [4.78, 5) is 12.2. The quantitative estimate of drug-likeness (QED) is 0.781. The van der Waals surface area contributed by atoms with E-state index < -0.39 is 6.10 Å². The average molecular weight is 394 g/mol. The van der Waals surface area contributed by atoms with Gasteiger partial charge >= 0.3 is 0 Å². The number of carbonyl (C=O) groups is 1. The third kappa shape index (κ3) is 5.16. The number of nitrogens with one attached hydrogen (secondary N) is 1. The lowest BCUT2D eigenvalue weighted by molar-refractivity contribution is -0.127. The van der Waals surface area contributed by atoms with Gasteiger partial charge in [-0.1, -0.05) is 15.9 Å². The predicted octanol–water partition coefficient (Wildman–Crippen LogP) is 3.55. The normalized spacial score (nSPS) is 11.5. The summed E-state index contributed by atoms with van der Waals surface area (Å²) < 4.78 is 17.0. The van der Waals surface area contributed by atoms with Crippen molar-refractivity contribution in [2.75, 3.05) is 14.2 Å². The first-order chi connectivity index (χ1) is 11.5. The summed E-state index contributed by atoms with van der Waals surface area (Å²) in [5, 5.41) is 2.85. The molecule has 0 bridgehead atoms. The Labute approximate surface area is 150 Å². The van der Waals surface area contributed by atoms with Crippen molar-refractivity contribution in [3.05, 3.63) is 52.5 Å². The third-order valence-electron chi connectivity index (χ3n) is 3.37. The van der Waals surface area contributed by atoms with E-state index in [0.717, 1.165) is 10.0 Å². The molecule has 0 fully saturated rings. The summed E-state index contributed by atoms with van der Waals surface area (Å²) in [7, 11) is 3.18. The van der Waals surface area contributed by atoms with E-state index in [4.69, 9.17) is 14.2 Å². The number of hydrogen-bond acceptors (Lipinski definition) is 4. The van der Waals surface area contributed by atoms with Crippen molar-refractivity contribution in [2.45, 2.75) is 19.6 Å². The monoisotopic (exact) mass is 393 g/mol. The van der Waals surface area contributed by atoms with Gasteiger partial charge in [-0.2, -0.15) is 0 Å². The summed E-state index contributed by atoms with van der Waals surface area (Å²) >= 11 is 3.36. The molecule has 1 N–H and O–H groups in total. The lowest BCUT2D eigenvalue weighted by Gasteiger charge is -2.15. The van der Waals surface area contributed by atoms with E-state index in [2.05, 4.69) is 21.2 Å². The highest BCUT2D eigenvalue weighted by Gasteiger charge is 2.14. The fourth-order valence-electron chi connectivity index (χ4n) is 2.07. The van der Waals surface area contributed by atoms with Gasteiger partial charge in [0, 0.05) is 17.1 Å². The third-order valence-corrected chi connectivity index (χ3v) is 3.90. The second-order valence-electron chi connectivity index (χ2n) is 5.15. The topological polar surface area (TPSA) is 56.8 Å². The Balaban J connectivity index is 1.93. The van der Waals surface area contributed by atoms with Gasteiger partial charge in [0.25, 0.3) is 5.91 Å². The number of hydrogen-bond donors (Lipinski definition) is 1. The zero-order valence-electron chi connectivity index (χ0n) is 13.8. The highest BCUT2D eigenvalue weighted by molar-refractivity contribution is 9.10. The molecule has 0 radical (unpaired) electrons. The van der Waals surface area contributed by atoms with E-state index in [0.29, 0.717) is 23.8 Å². The molecule has 2 aromatic rings. The van der Waals surface area contributed by atoms with Gasteiger partial charge in [0.1, 0.15) is 17.2 Å². The number of amides is 1. The number of carbonyl (C=O) groups excluding carboxylic acids is 1. The van der Waals surface area contributed by atoms with Crippen molar-refractivity contribution in [3.8, 4) is 17.2 Å². The molecule has 2 aromatic carbocycles. The molecule has 0 aliphatic carbocycles. The number of halogens is 1. The molecule has 0 aromatic heterocycles. The Morgan fingerprint density at radius 2 is 1.62 bits per heavy atom. The maximum absolute atomic E-state index is 12.2. The molecule has 0 spiro atoms. The molecule has 24 heavy (non-hydrogen) atoms. The molecular formula is C18H20BrNO4. The molecule has 2 rings (SSSR count). The van der Waals surface area contributed by atoms with Crippen LogP contribution in [0.3, 0.4) is 0 Å². The van der Waals surface area contributed by atoms with Crippen LogP contribution in [0.5, 0.6) is 17.2 Å². The predicted molar refractivity (Wildman–Crippen MR) is 95.6 cm³/mol. The fourth-order valence-corrected chi connectivity index (χ4v) is 2.34. The van der Waals surface area contributed by atoms with Crippen molar-refractivity contribution in [1.29, 1.82) is 0 Å². The SMILES string of the molecule is COc1cc(CNC(=O)C(C)Oc2ccc(Br)cc2)cc(OC)c1. The lowest BCUT2D eigenvalue weighted by Crippen LogP contribution is -2.35. The molecule has 0 heterocycles. The maximum atomic E-state index is 12.2. The van der Waals surface area contributed by atoms with Gasteiger partial charge in [0.2, 0.25) is 0 Å². The van der Waals surface area contributed by atoms with Crippen LogP contribution in [0.1, 0.15) is 12.5 Å². The van der Waals surface area contributed by atoms with Gasteiger partial charge in [0.05, 0.1) is 14.2 Å². The first-order valence-electron chi connectivity index (χ1n) is 7.43. The zero-order valence-corrected chi connectivity index (χ0v) is 15.4. The van der Waals surface area contributed by atoms with Gasteiger partial charge in [-0.05, 0) is 48.9 Å². The molecular weight excluding hydrogens is 374 g/mol. The molecule has 0 saturated carbocycles. The molecule has 5 nitrogen and oxygen atoms in total. The summed E-state index contributed by atoms with van der Waals surface area (Å²) in [6.45, 7) is 2.07. The van der Waals surface area contributed by atoms with Crippen LogP contribution in [-0.4, -0.2) is 26.2 Å². The summed E-state index contributed by atoms with van der Waals surface area (Å²) in [6, 6.07) is 12.8. The minimum absolute atomic E-state index is 0.195. The van der Waals surface area contributed by atoms with Crippen LogP contribution in [0.15, 0.2) is 46.9 Å². The second kappa shape index (κ2) is 8.59. The largest absolute Gasteiger partial charge is 0.497 e. The highest BCUT2D eigenvalue weighted by Crippen LogP contribution is 2.22. The van der Waals surface area contributed by atoms with Gasteiger partial charge in [-0.15, -0.1) is 0 Å². The molecule has 1 amide bonds. The Bertz CT molecular complexity index is 666. The van der Waals surface area contributed by atoms with Crippen molar-refractivity contribution < 1.29 is 19.0 Å². The van der Waals surface area contributed by atoms with Crippen LogP contribution in [-0.2, 0) is 11.3 Å². The lowest BCUT2D eigenvalue weighted by atomic mass is 10.2. The number of rotatable bonds is 7. The van der Waals surface area contributed by atoms with Gasteiger partial charge in [-0.3, -0.25) is 4.79 Å². The van der Waals surface area contributed by atoms with Crippen LogP contribution < -0.4 is 19.5 Å². The zero-order chi connectivity index (χ0) is 17.5.